The fourth-order valence-corrected chi connectivity index (χ4v) is 3.41. The van der Waals surface area contributed by atoms with Gasteiger partial charge in [-0.25, -0.2) is 16.8 Å². The summed E-state index contributed by atoms with van der Waals surface area (Å²) in [5.41, 5.74) is 0. The summed E-state index contributed by atoms with van der Waals surface area (Å²) in [6, 6.07) is 6.51. The van der Waals surface area contributed by atoms with Crippen LogP contribution in [0.3, 0.4) is 0 Å². The van der Waals surface area contributed by atoms with E-state index in [4.69, 9.17) is 15.4 Å². The third-order valence-corrected chi connectivity index (χ3v) is 5.35. The molecule has 0 radical (unpaired) electrons. The van der Waals surface area contributed by atoms with Gasteiger partial charge in [-0.3, -0.25) is 0 Å². The summed E-state index contributed by atoms with van der Waals surface area (Å²) >= 11 is 0. The number of furan rings is 1. The maximum atomic E-state index is 12.2. The van der Waals surface area contributed by atoms with E-state index in [9.17, 15) is 16.8 Å². The van der Waals surface area contributed by atoms with Crippen LogP contribution in [0.4, 0.5) is 0 Å². The summed E-state index contributed by atoms with van der Waals surface area (Å²) in [6.07, 6.45) is 0.828. The zero-order valence-corrected chi connectivity index (χ0v) is 12.5. The van der Waals surface area contributed by atoms with Crippen LogP contribution in [0.2, 0.25) is 0 Å². The molecule has 0 aliphatic heterocycles. The summed E-state index contributed by atoms with van der Waals surface area (Å²) in [5, 5.41) is -0.619. The quantitative estimate of drug-likeness (QED) is 0.794. The molecule has 0 saturated carbocycles. The van der Waals surface area contributed by atoms with Crippen molar-refractivity contribution < 1.29 is 26.0 Å². The first-order valence-electron chi connectivity index (χ1n) is 5.17. The topological polar surface area (TPSA) is 90.7 Å². The molecule has 2 aromatic rings. The van der Waals surface area contributed by atoms with Crippen molar-refractivity contribution >= 4 is 29.6 Å². The van der Waals surface area contributed by atoms with Gasteiger partial charge in [-0.05, 0) is 24.3 Å². The molecule has 2 rings (SSSR count). The van der Waals surface area contributed by atoms with Crippen LogP contribution < -0.4 is 4.74 Å². The van der Waals surface area contributed by atoms with Crippen molar-refractivity contribution in [3.63, 3.8) is 0 Å². The number of hydrogen-bond acceptors (Lipinski definition) is 6. The minimum absolute atomic E-state index is 0.0161. The van der Waals surface area contributed by atoms with E-state index in [0.29, 0.717) is 5.75 Å². The molecular weight excluding hydrogens is 328 g/mol. The lowest BCUT2D eigenvalue weighted by Crippen LogP contribution is -2.00. The number of ether oxygens (including phenoxy) is 1. The lowest BCUT2D eigenvalue weighted by atomic mass is 10.3. The van der Waals surface area contributed by atoms with Gasteiger partial charge in [-0.2, -0.15) is 0 Å². The standard InChI is InChI=1S/C11H9ClO6S2/c1-17-8-2-4-9(5-3-8)19(13,14)10-6-11(18-7-10)20(12,15)16/h2-7H,1H3. The predicted octanol–water partition coefficient (Wildman–Crippen LogP) is 2.05. The second-order valence-corrected chi connectivity index (χ2v) is 8.16. The third kappa shape index (κ3) is 2.82. The Bertz CT molecular complexity index is 818. The molecule has 0 saturated heterocycles. The first-order valence-corrected chi connectivity index (χ1v) is 8.97. The van der Waals surface area contributed by atoms with Crippen molar-refractivity contribution in [1.29, 1.82) is 0 Å². The lowest BCUT2D eigenvalue weighted by molar-refractivity contribution is 0.414. The molecule has 1 aromatic carbocycles. The molecule has 0 aliphatic carbocycles. The summed E-state index contributed by atoms with van der Waals surface area (Å²) in [7, 11) is -1.46. The van der Waals surface area contributed by atoms with Gasteiger partial charge in [0.05, 0.1) is 12.0 Å². The summed E-state index contributed by atoms with van der Waals surface area (Å²) in [5.74, 6) is 0.500. The van der Waals surface area contributed by atoms with Gasteiger partial charge in [0, 0.05) is 16.7 Å². The molecule has 0 N–H and O–H groups in total. The SMILES string of the molecule is COc1ccc(S(=O)(=O)c2coc(S(=O)(=O)Cl)c2)cc1. The Morgan fingerprint density at radius 1 is 1.05 bits per heavy atom. The number of benzene rings is 1. The molecule has 0 fully saturated rings. The Hall–Kier alpha value is -1.51. The van der Waals surface area contributed by atoms with Crippen molar-refractivity contribution in [2.24, 2.45) is 0 Å². The smallest absolute Gasteiger partial charge is 0.294 e. The highest BCUT2D eigenvalue weighted by molar-refractivity contribution is 8.13. The third-order valence-electron chi connectivity index (χ3n) is 2.47. The van der Waals surface area contributed by atoms with Crippen molar-refractivity contribution in [2.75, 3.05) is 7.11 Å². The van der Waals surface area contributed by atoms with Crippen LogP contribution >= 0.6 is 10.7 Å². The maximum Gasteiger partial charge on any atom is 0.294 e. The first-order chi connectivity index (χ1) is 9.25. The van der Waals surface area contributed by atoms with Gasteiger partial charge < -0.3 is 9.15 Å². The Kier molecular flexibility index (Phi) is 3.81. The normalized spacial score (nSPS) is 12.3. The highest BCUT2D eigenvalue weighted by Gasteiger charge is 2.24. The van der Waals surface area contributed by atoms with E-state index in [2.05, 4.69) is 4.42 Å². The fraction of sp³-hybridized carbons (Fsp3) is 0.0909. The molecule has 1 aromatic heterocycles. The Morgan fingerprint density at radius 3 is 2.10 bits per heavy atom. The Balaban J connectivity index is 2.46. The summed E-state index contributed by atoms with van der Waals surface area (Å²) in [4.78, 5) is -0.306. The van der Waals surface area contributed by atoms with E-state index in [1.54, 1.807) is 0 Å². The van der Waals surface area contributed by atoms with E-state index in [-0.39, 0.29) is 9.79 Å². The van der Waals surface area contributed by atoms with E-state index >= 15 is 0 Å². The summed E-state index contributed by atoms with van der Waals surface area (Å²) in [6.45, 7) is 0. The van der Waals surface area contributed by atoms with Crippen LogP contribution in [0, 0.1) is 0 Å². The number of hydrogen-bond donors (Lipinski definition) is 0. The molecule has 0 unspecified atom stereocenters. The molecule has 0 spiro atoms. The predicted molar refractivity (Wildman–Crippen MR) is 70.2 cm³/mol. The Morgan fingerprint density at radius 2 is 1.65 bits per heavy atom. The van der Waals surface area contributed by atoms with E-state index in [0.717, 1.165) is 12.3 Å². The molecule has 0 atom stereocenters. The average molecular weight is 337 g/mol. The van der Waals surface area contributed by atoms with Crippen LogP contribution in [0.5, 0.6) is 5.75 Å². The fourth-order valence-electron chi connectivity index (χ4n) is 1.46. The largest absolute Gasteiger partial charge is 0.497 e. The van der Waals surface area contributed by atoms with Gasteiger partial charge >= 0.3 is 0 Å². The molecule has 0 bridgehead atoms. The van der Waals surface area contributed by atoms with Gasteiger partial charge in [0.1, 0.15) is 16.9 Å². The molecular formula is C11H9ClO6S2. The number of halogens is 1. The molecule has 108 valence electrons. The van der Waals surface area contributed by atoms with E-state index in [1.165, 1.54) is 31.4 Å². The van der Waals surface area contributed by atoms with E-state index in [1.807, 2.05) is 0 Å². The van der Waals surface area contributed by atoms with Crippen molar-refractivity contribution in [1.82, 2.24) is 0 Å². The maximum absolute atomic E-state index is 12.2. The first kappa shape index (κ1) is 14.9. The van der Waals surface area contributed by atoms with Gasteiger partial charge in [0.2, 0.25) is 14.9 Å². The highest BCUT2D eigenvalue weighted by Crippen LogP contribution is 2.27. The zero-order valence-electron chi connectivity index (χ0n) is 10.1. The number of rotatable bonds is 4. The van der Waals surface area contributed by atoms with Crippen LogP contribution in [0.25, 0.3) is 0 Å². The van der Waals surface area contributed by atoms with Gasteiger partial charge in [-0.15, -0.1) is 0 Å². The molecule has 6 nitrogen and oxygen atoms in total. The minimum atomic E-state index is -4.11. The van der Waals surface area contributed by atoms with Gasteiger partial charge in [0.15, 0.2) is 0 Å². The number of methoxy groups -OCH3 is 1. The molecule has 20 heavy (non-hydrogen) atoms. The van der Waals surface area contributed by atoms with Crippen LogP contribution in [-0.2, 0) is 18.9 Å². The van der Waals surface area contributed by atoms with Crippen LogP contribution in [0.1, 0.15) is 0 Å². The highest BCUT2D eigenvalue weighted by atomic mass is 35.7. The molecule has 1 heterocycles. The minimum Gasteiger partial charge on any atom is -0.497 e. The van der Waals surface area contributed by atoms with Crippen molar-refractivity contribution in [2.45, 2.75) is 14.9 Å². The monoisotopic (exact) mass is 336 g/mol. The van der Waals surface area contributed by atoms with Crippen LogP contribution in [-0.4, -0.2) is 23.9 Å². The van der Waals surface area contributed by atoms with E-state index < -0.39 is 24.0 Å². The van der Waals surface area contributed by atoms with Crippen molar-refractivity contribution in [3.8, 4) is 5.75 Å². The Labute approximate surface area is 120 Å². The molecule has 0 amide bonds. The number of sulfone groups is 1. The van der Waals surface area contributed by atoms with Gasteiger partial charge in [-0.1, -0.05) is 0 Å². The molecule has 9 heteroatoms. The zero-order chi connectivity index (χ0) is 15.0. The van der Waals surface area contributed by atoms with Crippen molar-refractivity contribution in [3.05, 3.63) is 36.6 Å². The average Bonchev–Trinajstić information content (AvgIpc) is 2.89. The second kappa shape index (κ2) is 5.12. The lowest BCUT2D eigenvalue weighted by Gasteiger charge is -2.03. The summed E-state index contributed by atoms with van der Waals surface area (Å²) < 4.78 is 56.2. The van der Waals surface area contributed by atoms with Gasteiger partial charge in [0.25, 0.3) is 9.05 Å². The second-order valence-electron chi connectivity index (χ2n) is 3.72. The van der Waals surface area contributed by atoms with Crippen LogP contribution in [0.15, 0.2) is 55.9 Å². The molecule has 0 aliphatic rings.